The van der Waals surface area contributed by atoms with Gasteiger partial charge in [0, 0.05) is 5.75 Å². The van der Waals surface area contributed by atoms with E-state index in [9.17, 15) is 0 Å². The number of thioether (sulfide) groups is 1. The lowest BCUT2D eigenvalue weighted by Crippen LogP contribution is -1.82. The summed E-state index contributed by atoms with van der Waals surface area (Å²) in [6.45, 7) is 2.26. The monoisotopic (exact) mass is 228 g/mol. The van der Waals surface area contributed by atoms with Gasteiger partial charge in [0.2, 0.25) is 0 Å². The van der Waals surface area contributed by atoms with Gasteiger partial charge in [-0.05, 0) is 18.2 Å². The summed E-state index contributed by atoms with van der Waals surface area (Å²) in [5.74, 6) is 1.02. The Morgan fingerprint density at radius 1 is 0.867 bits per heavy atom. The van der Waals surface area contributed by atoms with E-state index in [0.717, 1.165) is 5.75 Å². The first-order valence-corrected chi connectivity index (χ1v) is 7.41. The van der Waals surface area contributed by atoms with Crippen molar-refractivity contribution in [2.24, 2.45) is 0 Å². The lowest BCUT2D eigenvalue weighted by molar-refractivity contribution is 0.563. The van der Waals surface area contributed by atoms with Crippen LogP contribution in [0.5, 0.6) is 0 Å². The van der Waals surface area contributed by atoms with Crippen LogP contribution in [0.25, 0.3) is 0 Å². The zero-order valence-electron chi connectivity index (χ0n) is 11.1. The zero-order valence-corrected chi connectivity index (χ0v) is 11.0. The van der Waals surface area contributed by atoms with E-state index in [2.05, 4.69) is 12.3 Å². The summed E-state index contributed by atoms with van der Waals surface area (Å²) >= 11 is 1.39. The zero-order chi connectivity index (χ0) is 11.2. The molecular weight excluding hydrogens is 202 g/mol. The van der Waals surface area contributed by atoms with Crippen molar-refractivity contribution in [3.05, 3.63) is 0 Å². The molecule has 0 aliphatic rings. The molecule has 0 unspecified atom stereocenters. The molecule has 0 aliphatic heterocycles. The fourth-order valence-electron chi connectivity index (χ4n) is 1.71. The topological polar surface area (TPSA) is 23.8 Å². The molecule has 0 amide bonds. The van der Waals surface area contributed by atoms with Gasteiger partial charge in [-0.1, -0.05) is 64.7 Å². The molecule has 0 bridgehead atoms. The van der Waals surface area contributed by atoms with Crippen LogP contribution < -0.4 is 0 Å². The van der Waals surface area contributed by atoms with E-state index in [4.69, 9.17) is 5.26 Å². The minimum Gasteiger partial charge on any atom is -0.185 e. The molecule has 0 N–H and O–H groups in total. The number of hydrogen-bond donors (Lipinski definition) is 0. The molecule has 0 aromatic carbocycles. The lowest BCUT2D eigenvalue weighted by Gasteiger charge is -2.01. The Morgan fingerprint density at radius 2 is 1.33 bits per heavy atom. The van der Waals surface area contributed by atoms with Gasteiger partial charge in [0.1, 0.15) is 5.40 Å². The number of rotatable bonds is 11. The van der Waals surface area contributed by atoms with E-state index >= 15 is 0 Å². The molecule has 88 valence electrons. The molecule has 0 aromatic rings. The lowest BCUT2D eigenvalue weighted by atomic mass is 10.1. The summed E-state index contributed by atoms with van der Waals surface area (Å²) in [6, 6.07) is 0. The number of hydrogen-bond acceptors (Lipinski definition) is 2. The largest absolute Gasteiger partial charge is 1.00 e. The first-order valence-electron chi connectivity index (χ1n) is 6.42. The first-order chi connectivity index (χ1) is 7.41. The summed E-state index contributed by atoms with van der Waals surface area (Å²) in [6.07, 6.45) is 13.7. The van der Waals surface area contributed by atoms with Crippen molar-refractivity contribution in [2.45, 2.75) is 71.1 Å². The molecule has 0 heterocycles. The average molecular weight is 228 g/mol. The molecule has 0 radical (unpaired) electrons. The van der Waals surface area contributed by atoms with Crippen LogP contribution in [-0.2, 0) is 0 Å². The number of unbranched alkanes of at least 4 members (excludes halogenated alkanes) is 9. The molecule has 0 fully saturated rings. The highest BCUT2D eigenvalue weighted by molar-refractivity contribution is 8.03. The van der Waals surface area contributed by atoms with Gasteiger partial charge in [0.25, 0.3) is 0 Å². The van der Waals surface area contributed by atoms with E-state index < -0.39 is 0 Å². The van der Waals surface area contributed by atoms with E-state index in [1.54, 1.807) is 0 Å². The maximum Gasteiger partial charge on any atom is 1.00 e. The number of nitriles is 1. The molecule has 15 heavy (non-hydrogen) atoms. The van der Waals surface area contributed by atoms with Crippen LogP contribution in [0.1, 0.15) is 72.6 Å². The summed E-state index contributed by atoms with van der Waals surface area (Å²) in [5.41, 5.74) is 0. The van der Waals surface area contributed by atoms with Gasteiger partial charge in [-0.2, -0.15) is 5.26 Å². The molecule has 0 rings (SSSR count). The Morgan fingerprint density at radius 3 is 1.80 bits per heavy atom. The predicted molar refractivity (Wildman–Crippen MR) is 71.0 cm³/mol. The van der Waals surface area contributed by atoms with Gasteiger partial charge in [0.05, 0.1) is 0 Å². The highest BCUT2D eigenvalue weighted by Crippen LogP contribution is 2.11. The Kier molecular flexibility index (Phi) is 13.7. The van der Waals surface area contributed by atoms with Crippen LogP contribution in [0.3, 0.4) is 0 Å². The van der Waals surface area contributed by atoms with Gasteiger partial charge < -0.3 is 0 Å². The van der Waals surface area contributed by atoms with E-state index in [-0.39, 0.29) is 1.43 Å². The van der Waals surface area contributed by atoms with E-state index in [0.29, 0.717) is 0 Å². The fraction of sp³-hybridized carbons (Fsp3) is 0.923. The third kappa shape index (κ3) is 13.8. The minimum absolute atomic E-state index is 0. The first kappa shape index (κ1) is 14.8. The van der Waals surface area contributed by atoms with Crippen LogP contribution in [0.2, 0.25) is 0 Å². The average Bonchev–Trinajstić information content (AvgIpc) is 2.26. The third-order valence-electron chi connectivity index (χ3n) is 2.66. The fourth-order valence-corrected chi connectivity index (χ4v) is 2.15. The second kappa shape index (κ2) is 13.8. The van der Waals surface area contributed by atoms with Crippen molar-refractivity contribution in [3.8, 4) is 5.40 Å². The summed E-state index contributed by atoms with van der Waals surface area (Å²) < 4.78 is 0. The van der Waals surface area contributed by atoms with Gasteiger partial charge in [-0.15, -0.1) is 0 Å². The van der Waals surface area contributed by atoms with E-state index in [1.807, 2.05) is 0 Å². The number of nitrogens with zero attached hydrogens (tertiary/aromatic N) is 1. The van der Waals surface area contributed by atoms with Crippen molar-refractivity contribution in [1.82, 2.24) is 0 Å². The summed E-state index contributed by atoms with van der Waals surface area (Å²) in [4.78, 5) is 0. The molecule has 0 aliphatic carbocycles. The molecule has 0 atom stereocenters. The smallest absolute Gasteiger partial charge is 0.185 e. The highest BCUT2D eigenvalue weighted by Gasteiger charge is 1.92. The van der Waals surface area contributed by atoms with Crippen molar-refractivity contribution < 1.29 is 1.43 Å². The Hall–Kier alpha value is -0.160. The van der Waals surface area contributed by atoms with Crippen LogP contribution in [0.15, 0.2) is 0 Å². The third-order valence-corrected chi connectivity index (χ3v) is 3.29. The summed E-state index contributed by atoms with van der Waals surface area (Å²) in [5, 5.41) is 10.4. The Bertz CT molecular complexity index is 157. The number of thiocyanates is 1. The SMILES string of the molecule is CCCCCCCCCCCCSC#N.[H+]. The minimum atomic E-state index is 0. The molecule has 0 spiro atoms. The van der Waals surface area contributed by atoms with Gasteiger partial charge in [-0.3, -0.25) is 0 Å². The Balaban J connectivity index is 0. The predicted octanol–water partition coefficient (Wildman–Crippen LogP) is 5.23. The molecule has 0 saturated carbocycles. The van der Waals surface area contributed by atoms with Crippen LogP contribution in [0, 0.1) is 10.7 Å². The highest BCUT2D eigenvalue weighted by atomic mass is 32.2. The summed E-state index contributed by atoms with van der Waals surface area (Å²) in [7, 11) is 0. The molecule has 0 saturated heterocycles. The molecule has 2 heteroatoms. The maximum atomic E-state index is 8.32. The van der Waals surface area contributed by atoms with Crippen molar-refractivity contribution >= 4 is 11.8 Å². The molecule has 0 aromatic heterocycles. The van der Waals surface area contributed by atoms with Gasteiger partial charge >= 0.3 is 1.43 Å². The van der Waals surface area contributed by atoms with E-state index in [1.165, 1.54) is 76.0 Å². The second-order valence-electron chi connectivity index (χ2n) is 4.12. The normalized spacial score (nSPS) is 10.1. The molecular formula is C13H26NS+. The van der Waals surface area contributed by atoms with Crippen molar-refractivity contribution in [3.63, 3.8) is 0 Å². The standard InChI is InChI=1S/C13H25NS/c1-2-3-4-5-6-7-8-9-10-11-12-15-13-14/h2-12H2,1H3/p+1. The quantitative estimate of drug-likeness (QED) is 0.357. The van der Waals surface area contributed by atoms with Crippen molar-refractivity contribution in [1.29, 1.82) is 5.26 Å². The van der Waals surface area contributed by atoms with Crippen LogP contribution in [0.4, 0.5) is 0 Å². The second-order valence-corrected chi connectivity index (χ2v) is 5.00. The van der Waals surface area contributed by atoms with Crippen LogP contribution in [-0.4, -0.2) is 5.75 Å². The van der Waals surface area contributed by atoms with Gasteiger partial charge in [0.15, 0.2) is 0 Å². The maximum absolute atomic E-state index is 8.32. The van der Waals surface area contributed by atoms with Crippen molar-refractivity contribution in [2.75, 3.05) is 5.75 Å². The van der Waals surface area contributed by atoms with Gasteiger partial charge in [-0.25, -0.2) is 0 Å². The Labute approximate surface area is 101 Å². The van der Waals surface area contributed by atoms with Crippen LogP contribution >= 0.6 is 11.8 Å². The molecule has 1 nitrogen and oxygen atoms in total.